The molecule has 1 rings (SSSR count). The highest BCUT2D eigenvalue weighted by Crippen LogP contribution is 2.04. The molecule has 1 heterocycles. The van der Waals surface area contributed by atoms with Gasteiger partial charge in [-0.1, -0.05) is 6.92 Å². The molecule has 0 aliphatic heterocycles. The molecule has 0 radical (unpaired) electrons. The minimum atomic E-state index is -2.90. The molecule has 1 aromatic rings. The van der Waals surface area contributed by atoms with E-state index in [4.69, 9.17) is 0 Å². The van der Waals surface area contributed by atoms with Gasteiger partial charge in [0, 0.05) is 31.7 Å². The highest BCUT2D eigenvalue weighted by atomic mass is 32.2. The molecule has 0 fully saturated rings. The molecule has 0 aliphatic rings. The first-order chi connectivity index (χ1) is 7.03. The molecule has 0 atom stereocenters. The third-order valence-electron chi connectivity index (χ3n) is 1.94. The number of nitrogens with zero attached hydrogens (tertiary/aromatic N) is 2. The van der Waals surface area contributed by atoms with Gasteiger partial charge < -0.3 is 9.88 Å². The molecule has 0 saturated carbocycles. The number of imidazole rings is 1. The van der Waals surface area contributed by atoms with Gasteiger partial charge in [0.05, 0.1) is 5.75 Å². The van der Waals surface area contributed by atoms with Gasteiger partial charge in [0.2, 0.25) is 5.95 Å². The molecule has 0 bridgehead atoms. The number of hydrogen-bond acceptors (Lipinski definition) is 4. The SMILES string of the molecule is CCCn1ccnc1NCCS(C)(=O)=O. The molecule has 15 heavy (non-hydrogen) atoms. The van der Waals surface area contributed by atoms with Gasteiger partial charge in [-0.3, -0.25) is 0 Å². The quantitative estimate of drug-likeness (QED) is 0.784. The van der Waals surface area contributed by atoms with Crippen molar-refractivity contribution in [3.05, 3.63) is 12.4 Å². The molecule has 1 N–H and O–H groups in total. The van der Waals surface area contributed by atoms with E-state index in [2.05, 4.69) is 17.2 Å². The first kappa shape index (κ1) is 12.0. The maximum absolute atomic E-state index is 10.9. The Hall–Kier alpha value is -1.04. The highest BCUT2D eigenvalue weighted by Gasteiger charge is 2.04. The summed E-state index contributed by atoms with van der Waals surface area (Å²) in [7, 11) is -2.90. The van der Waals surface area contributed by atoms with Crippen LogP contribution in [0.1, 0.15) is 13.3 Å². The third kappa shape index (κ3) is 4.33. The largest absolute Gasteiger partial charge is 0.355 e. The van der Waals surface area contributed by atoms with Crippen LogP contribution in [0, 0.1) is 0 Å². The van der Waals surface area contributed by atoms with Gasteiger partial charge in [0.25, 0.3) is 0 Å². The average Bonchev–Trinajstić information content (AvgIpc) is 2.51. The summed E-state index contributed by atoms with van der Waals surface area (Å²) in [4.78, 5) is 4.11. The second kappa shape index (κ2) is 5.16. The summed E-state index contributed by atoms with van der Waals surface area (Å²) in [6, 6.07) is 0. The van der Waals surface area contributed by atoms with Crippen LogP contribution in [0.3, 0.4) is 0 Å². The number of rotatable bonds is 6. The fourth-order valence-corrected chi connectivity index (χ4v) is 1.72. The number of hydrogen-bond donors (Lipinski definition) is 1. The van der Waals surface area contributed by atoms with E-state index >= 15 is 0 Å². The van der Waals surface area contributed by atoms with Crippen LogP contribution in [0.15, 0.2) is 12.4 Å². The molecular formula is C9H17N3O2S. The van der Waals surface area contributed by atoms with Crippen molar-refractivity contribution < 1.29 is 8.42 Å². The lowest BCUT2D eigenvalue weighted by atomic mass is 10.5. The fraction of sp³-hybridized carbons (Fsp3) is 0.667. The first-order valence-electron chi connectivity index (χ1n) is 4.95. The Labute approximate surface area is 90.4 Å². The zero-order valence-corrected chi connectivity index (χ0v) is 9.92. The summed E-state index contributed by atoms with van der Waals surface area (Å²) in [6.07, 6.45) is 5.84. The summed E-state index contributed by atoms with van der Waals surface area (Å²) >= 11 is 0. The average molecular weight is 231 g/mol. The summed E-state index contributed by atoms with van der Waals surface area (Å²) in [5.74, 6) is 0.868. The van der Waals surface area contributed by atoms with Crippen LogP contribution in [0.4, 0.5) is 5.95 Å². The number of anilines is 1. The summed E-state index contributed by atoms with van der Waals surface area (Å²) in [5.41, 5.74) is 0. The van der Waals surface area contributed by atoms with Gasteiger partial charge in [-0.25, -0.2) is 13.4 Å². The van der Waals surface area contributed by atoms with Crippen LogP contribution >= 0.6 is 0 Å². The second-order valence-corrected chi connectivity index (χ2v) is 5.76. The molecule has 0 aromatic carbocycles. The van der Waals surface area contributed by atoms with E-state index in [1.54, 1.807) is 6.20 Å². The van der Waals surface area contributed by atoms with Crippen LogP contribution in [0.25, 0.3) is 0 Å². The number of aromatic nitrogens is 2. The van der Waals surface area contributed by atoms with Crippen LogP contribution in [-0.4, -0.2) is 36.5 Å². The number of sulfone groups is 1. The van der Waals surface area contributed by atoms with E-state index in [0.29, 0.717) is 6.54 Å². The molecule has 0 saturated heterocycles. The minimum absolute atomic E-state index is 0.131. The topological polar surface area (TPSA) is 64.0 Å². The zero-order chi connectivity index (χ0) is 11.3. The van der Waals surface area contributed by atoms with E-state index in [1.807, 2.05) is 10.8 Å². The Kier molecular flexibility index (Phi) is 4.14. The summed E-state index contributed by atoms with van der Waals surface area (Å²) < 4.78 is 23.8. The van der Waals surface area contributed by atoms with E-state index in [1.165, 1.54) is 6.26 Å². The summed E-state index contributed by atoms with van der Waals surface area (Å²) in [5, 5.41) is 3.01. The van der Waals surface area contributed by atoms with Gasteiger partial charge in [0.15, 0.2) is 0 Å². The molecule has 5 nitrogen and oxygen atoms in total. The monoisotopic (exact) mass is 231 g/mol. The minimum Gasteiger partial charge on any atom is -0.355 e. The molecule has 0 unspecified atom stereocenters. The Morgan fingerprint density at radius 1 is 1.53 bits per heavy atom. The molecule has 1 aromatic heterocycles. The Bertz CT molecular complexity index is 397. The third-order valence-corrected chi connectivity index (χ3v) is 2.88. The lowest BCUT2D eigenvalue weighted by Crippen LogP contribution is -2.16. The van der Waals surface area contributed by atoms with Gasteiger partial charge in [-0.15, -0.1) is 0 Å². The van der Waals surface area contributed by atoms with Gasteiger partial charge >= 0.3 is 0 Å². The zero-order valence-electron chi connectivity index (χ0n) is 9.10. The second-order valence-electron chi connectivity index (χ2n) is 3.50. The lowest BCUT2D eigenvalue weighted by Gasteiger charge is -2.07. The van der Waals surface area contributed by atoms with Crippen molar-refractivity contribution >= 4 is 15.8 Å². The van der Waals surface area contributed by atoms with Crippen molar-refractivity contribution in [2.75, 3.05) is 23.9 Å². The molecule has 0 spiro atoms. The molecule has 0 aliphatic carbocycles. The van der Waals surface area contributed by atoms with Crippen molar-refractivity contribution in [2.24, 2.45) is 0 Å². The number of nitrogens with one attached hydrogen (secondary N) is 1. The van der Waals surface area contributed by atoms with E-state index in [0.717, 1.165) is 18.9 Å². The van der Waals surface area contributed by atoms with Crippen molar-refractivity contribution in [3.8, 4) is 0 Å². The maximum atomic E-state index is 10.9. The highest BCUT2D eigenvalue weighted by molar-refractivity contribution is 7.90. The molecule has 86 valence electrons. The Morgan fingerprint density at radius 2 is 2.27 bits per heavy atom. The van der Waals surface area contributed by atoms with Crippen molar-refractivity contribution in [3.63, 3.8) is 0 Å². The maximum Gasteiger partial charge on any atom is 0.202 e. The predicted molar refractivity (Wildman–Crippen MR) is 60.7 cm³/mol. The first-order valence-corrected chi connectivity index (χ1v) is 7.01. The van der Waals surface area contributed by atoms with Gasteiger partial charge in [-0.2, -0.15) is 0 Å². The molecule has 0 amide bonds. The van der Waals surface area contributed by atoms with E-state index in [-0.39, 0.29) is 5.75 Å². The van der Waals surface area contributed by atoms with Crippen molar-refractivity contribution in [1.82, 2.24) is 9.55 Å². The Balaban J connectivity index is 2.47. The lowest BCUT2D eigenvalue weighted by molar-refractivity contribution is 0.602. The van der Waals surface area contributed by atoms with E-state index in [9.17, 15) is 8.42 Å². The van der Waals surface area contributed by atoms with Crippen molar-refractivity contribution in [1.29, 1.82) is 0 Å². The van der Waals surface area contributed by atoms with Crippen LogP contribution in [0.2, 0.25) is 0 Å². The predicted octanol–water partition coefficient (Wildman–Crippen LogP) is 0.750. The van der Waals surface area contributed by atoms with Crippen LogP contribution < -0.4 is 5.32 Å². The van der Waals surface area contributed by atoms with Crippen molar-refractivity contribution in [2.45, 2.75) is 19.9 Å². The summed E-state index contributed by atoms with van der Waals surface area (Å²) in [6.45, 7) is 3.38. The van der Waals surface area contributed by atoms with Gasteiger partial charge in [0.1, 0.15) is 9.84 Å². The number of aryl methyl sites for hydroxylation is 1. The van der Waals surface area contributed by atoms with Crippen LogP contribution in [-0.2, 0) is 16.4 Å². The fourth-order valence-electron chi connectivity index (χ4n) is 1.25. The standard InChI is InChI=1S/C9H17N3O2S/c1-3-6-12-7-4-10-9(12)11-5-8-15(2,13)14/h4,7H,3,5-6,8H2,1-2H3,(H,10,11). The smallest absolute Gasteiger partial charge is 0.202 e. The molecular weight excluding hydrogens is 214 g/mol. The molecule has 6 heteroatoms. The van der Waals surface area contributed by atoms with Gasteiger partial charge in [-0.05, 0) is 6.42 Å². The normalized spacial score (nSPS) is 11.6. The van der Waals surface area contributed by atoms with E-state index < -0.39 is 9.84 Å². The Morgan fingerprint density at radius 3 is 2.87 bits per heavy atom. The van der Waals surface area contributed by atoms with Crippen LogP contribution in [0.5, 0.6) is 0 Å².